The summed E-state index contributed by atoms with van der Waals surface area (Å²) < 4.78 is 0. The van der Waals surface area contributed by atoms with E-state index >= 15 is 0 Å². The molecule has 0 spiro atoms. The van der Waals surface area contributed by atoms with Gasteiger partial charge in [0.2, 0.25) is 5.91 Å². The maximum absolute atomic E-state index is 11.5. The molecule has 2 heterocycles. The average molecular weight is 220 g/mol. The Morgan fingerprint density at radius 1 is 1.43 bits per heavy atom. The molecule has 2 fully saturated rings. The molecule has 14 heavy (non-hydrogen) atoms. The molecule has 2 N–H and O–H groups in total. The van der Waals surface area contributed by atoms with Gasteiger partial charge in [-0.15, -0.1) is 12.4 Å². The van der Waals surface area contributed by atoms with Crippen molar-refractivity contribution in [2.24, 2.45) is 11.8 Å². The zero-order chi connectivity index (χ0) is 9.26. The Labute approximate surface area is 90.8 Å². The van der Waals surface area contributed by atoms with Crippen LogP contribution in [0.3, 0.4) is 0 Å². The van der Waals surface area contributed by atoms with E-state index in [1.807, 2.05) is 11.9 Å². The fourth-order valence-corrected chi connectivity index (χ4v) is 2.32. The van der Waals surface area contributed by atoms with E-state index < -0.39 is 0 Å². The minimum Gasteiger partial charge on any atom is -0.341 e. The molecule has 2 rings (SSSR count). The predicted octanol–water partition coefficient (Wildman–Crippen LogP) is -0.695. The Morgan fingerprint density at radius 3 is 2.50 bits per heavy atom. The highest BCUT2D eigenvalue weighted by molar-refractivity contribution is 5.85. The van der Waals surface area contributed by atoms with Crippen LogP contribution in [0.1, 0.15) is 0 Å². The van der Waals surface area contributed by atoms with Crippen molar-refractivity contribution in [1.82, 2.24) is 15.5 Å². The molecule has 2 aliphatic heterocycles. The Kier molecular flexibility index (Phi) is 4.16. The number of halogens is 1. The predicted molar refractivity (Wildman–Crippen MR) is 57.6 cm³/mol. The minimum atomic E-state index is 0. The maximum Gasteiger partial charge on any atom is 0.236 e. The Hall–Kier alpha value is -0.320. The number of hydrogen-bond donors (Lipinski definition) is 2. The lowest BCUT2D eigenvalue weighted by Gasteiger charge is -2.16. The summed E-state index contributed by atoms with van der Waals surface area (Å²) in [5.74, 6) is 1.67. The van der Waals surface area contributed by atoms with Crippen molar-refractivity contribution < 1.29 is 4.79 Å². The second-order valence-electron chi connectivity index (χ2n) is 4.01. The van der Waals surface area contributed by atoms with Crippen LogP contribution in [-0.2, 0) is 4.79 Å². The zero-order valence-electron chi connectivity index (χ0n) is 8.45. The van der Waals surface area contributed by atoms with Gasteiger partial charge in [-0.3, -0.25) is 4.79 Å². The lowest BCUT2D eigenvalue weighted by molar-refractivity contribution is -0.129. The van der Waals surface area contributed by atoms with E-state index in [2.05, 4.69) is 10.6 Å². The molecule has 5 heteroatoms. The minimum absolute atomic E-state index is 0. The summed E-state index contributed by atoms with van der Waals surface area (Å²) in [6.45, 7) is 4.57. The summed E-state index contributed by atoms with van der Waals surface area (Å²) >= 11 is 0. The number of carbonyl (C=O) groups is 1. The molecule has 0 saturated carbocycles. The number of carbonyl (C=O) groups excluding carboxylic acids is 1. The third-order valence-corrected chi connectivity index (χ3v) is 3.07. The van der Waals surface area contributed by atoms with Gasteiger partial charge < -0.3 is 15.5 Å². The highest BCUT2D eigenvalue weighted by Crippen LogP contribution is 2.25. The summed E-state index contributed by atoms with van der Waals surface area (Å²) in [6, 6.07) is 0. The quantitative estimate of drug-likeness (QED) is 0.646. The van der Waals surface area contributed by atoms with Crippen LogP contribution in [0.15, 0.2) is 0 Å². The average Bonchev–Trinajstić information content (AvgIpc) is 2.61. The molecule has 0 aromatic carbocycles. The van der Waals surface area contributed by atoms with Gasteiger partial charge in [0.15, 0.2) is 0 Å². The van der Waals surface area contributed by atoms with Crippen molar-refractivity contribution in [3.8, 4) is 0 Å². The molecule has 0 aliphatic carbocycles. The first kappa shape index (κ1) is 11.8. The highest BCUT2D eigenvalue weighted by Gasteiger charge is 2.37. The van der Waals surface area contributed by atoms with E-state index in [1.54, 1.807) is 0 Å². The van der Waals surface area contributed by atoms with Gasteiger partial charge in [0.05, 0.1) is 6.54 Å². The molecule has 0 radical (unpaired) electrons. The fraction of sp³-hybridized carbons (Fsp3) is 0.889. The van der Waals surface area contributed by atoms with Crippen LogP contribution in [-0.4, -0.2) is 50.6 Å². The number of rotatable bonds is 2. The Balaban J connectivity index is 0.000000980. The van der Waals surface area contributed by atoms with Gasteiger partial charge in [0.25, 0.3) is 0 Å². The van der Waals surface area contributed by atoms with E-state index in [0.29, 0.717) is 18.4 Å². The number of nitrogens with zero attached hydrogens (tertiary/aromatic N) is 1. The molecule has 0 aromatic heterocycles. The Morgan fingerprint density at radius 2 is 2.00 bits per heavy atom. The van der Waals surface area contributed by atoms with E-state index in [-0.39, 0.29) is 18.3 Å². The van der Waals surface area contributed by atoms with Crippen molar-refractivity contribution in [1.29, 1.82) is 0 Å². The summed E-state index contributed by atoms with van der Waals surface area (Å²) in [6.07, 6.45) is 0. The third-order valence-electron chi connectivity index (χ3n) is 3.07. The van der Waals surface area contributed by atoms with E-state index in [0.717, 1.165) is 26.2 Å². The van der Waals surface area contributed by atoms with Crippen molar-refractivity contribution in [3.63, 3.8) is 0 Å². The van der Waals surface area contributed by atoms with Crippen molar-refractivity contribution in [3.05, 3.63) is 0 Å². The topological polar surface area (TPSA) is 44.4 Å². The second-order valence-corrected chi connectivity index (χ2v) is 4.01. The lowest BCUT2D eigenvalue weighted by Crippen LogP contribution is -2.37. The molecule has 0 aromatic rings. The molecular weight excluding hydrogens is 202 g/mol. The van der Waals surface area contributed by atoms with E-state index in [9.17, 15) is 4.79 Å². The molecule has 0 unspecified atom stereocenters. The van der Waals surface area contributed by atoms with Crippen molar-refractivity contribution in [2.45, 2.75) is 0 Å². The van der Waals surface area contributed by atoms with Crippen molar-refractivity contribution in [2.75, 3.05) is 39.8 Å². The number of hydrogen-bond acceptors (Lipinski definition) is 3. The number of likely N-dealkylation sites (N-methyl/N-ethyl adjacent to an activating group) is 1. The number of likely N-dealkylation sites (tertiary alicyclic amines) is 1. The molecule has 4 nitrogen and oxygen atoms in total. The molecule has 1 amide bonds. The fourth-order valence-electron chi connectivity index (χ4n) is 2.32. The second kappa shape index (κ2) is 4.96. The summed E-state index contributed by atoms with van der Waals surface area (Å²) in [5.41, 5.74) is 0. The van der Waals surface area contributed by atoms with Gasteiger partial charge >= 0.3 is 0 Å². The molecule has 2 aliphatic rings. The van der Waals surface area contributed by atoms with Crippen LogP contribution in [0, 0.1) is 11.8 Å². The molecule has 2 atom stereocenters. The third kappa shape index (κ3) is 2.19. The monoisotopic (exact) mass is 219 g/mol. The first-order chi connectivity index (χ1) is 6.31. The summed E-state index contributed by atoms with van der Waals surface area (Å²) in [5, 5.41) is 6.27. The molecule has 2 saturated heterocycles. The molecule has 82 valence electrons. The van der Waals surface area contributed by atoms with Gasteiger partial charge in [-0.1, -0.05) is 0 Å². The Bertz CT molecular complexity index is 200. The largest absolute Gasteiger partial charge is 0.341 e. The van der Waals surface area contributed by atoms with Crippen LogP contribution in [0.4, 0.5) is 0 Å². The van der Waals surface area contributed by atoms with Crippen LogP contribution >= 0.6 is 12.4 Å². The van der Waals surface area contributed by atoms with Gasteiger partial charge in [-0.25, -0.2) is 0 Å². The normalized spacial score (nSPS) is 29.9. The number of nitrogens with one attached hydrogen (secondary N) is 2. The van der Waals surface area contributed by atoms with Gasteiger partial charge in [-0.05, 0) is 18.9 Å². The van der Waals surface area contributed by atoms with E-state index in [4.69, 9.17) is 0 Å². The number of fused-ring (bicyclic) bond motifs is 1. The zero-order valence-corrected chi connectivity index (χ0v) is 9.27. The van der Waals surface area contributed by atoms with Crippen LogP contribution in [0.25, 0.3) is 0 Å². The number of amides is 1. The lowest BCUT2D eigenvalue weighted by atomic mass is 10.0. The first-order valence-electron chi connectivity index (χ1n) is 4.94. The SMILES string of the molecule is CNCC(=O)N1C[C@H]2CNC[C@H]2C1.Cl. The summed E-state index contributed by atoms with van der Waals surface area (Å²) in [7, 11) is 1.82. The highest BCUT2D eigenvalue weighted by atomic mass is 35.5. The van der Waals surface area contributed by atoms with E-state index in [1.165, 1.54) is 0 Å². The van der Waals surface area contributed by atoms with Gasteiger partial charge in [0.1, 0.15) is 0 Å². The standard InChI is InChI=1S/C9H17N3O.ClH/c1-10-4-9(13)12-5-7-2-11-3-8(7)6-12;/h7-8,10-11H,2-6H2,1H3;1H/t7-,8+;. The smallest absolute Gasteiger partial charge is 0.236 e. The van der Waals surface area contributed by atoms with Crippen LogP contribution in [0.5, 0.6) is 0 Å². The van der Waals surface area contributed by atoms with Crippen LogP contribution < -0.4 is 10.6 Å². The maximum atomic E-state index is 11.5. The van der Waals surface area contributed by atoms with Crippen molar-refractivity contribution >= 4 is 18.3 Å². The van der Waals surface area contributed by atoms with Gasteiger partial charge in [-0.2, -0.15) is 0 Å². The molecule has 0 bridgehead atoms. The first-order valence-corrected chi connectivity index (χ1v) is 4.94. The summed E-state index contributed by atoms with van der Waals surface area (Å²) in [4.78, 5) is 13.5. The molecular formula is C9H18ClN3O. The van der Waals surface area contributed by atoms with Gasteiger partial charge in [0, 0.05) is 26.2 Å². The van der Waals surface area contributed by atoms with Crippen LogP contribution in [0.2, 0.25) is 0 Å².